The van der Waals surface area contributed by atoms with Crippen LogP contribution in [0.1, 0.15) is 42.4 Å². The first-order valence-corrected chi connectivity index (χ1v) is 10.1. The standard InChI is InChI=1S/C23H22F4N2O2/c1-14-18-9-6-16(23(25,26)27)12-19(18)29(13-15-4-7-17(24)8-5-15)21(20(14)22(30)31)28-10-2-3-11-28/h4-9,12,14H,2-3,10-11,13H2,1H3,(H,30,31). The predicted molar refractivity (Wildman–Crippen MR) is 108 cm³/mol. The number of likely N-dealkylation sites (tertiary alicyclic amines) is 1. The molecule has 0 aliphatic carbocycles. The maximum atomic E-state index is 13.5. The number of carbonyl (C=O) groups is 1. The van der Waals surface area contributed by atoms with Gasteiger partial charge in [0.05, 0.1) is 11.1 Å². The van der Waals surface area contributed by atoms with Gasteiger partial charge in [0.2, 0.25) is 0 Å². The minimum Gasteiger partial charge on any atom is -0.478 e. The molecule has 1 atom stereocenters. The minimum atomic E-state index is -4.52. The van der Waals surface area contributed by atoms with Gasteiger partial charge < -0.3 is 14.9 Å². The van der Waals surface area contributed by atoms with Gasteiger partial charge >= 0.3 is 12.1 Å². The lowest BCUT2D eigenvalue weighted by Crippen LogP contribution is -2.40. The van der Waals surface area contributed by atoms with E-state index in [9.17, 15) is 27.5 Å². The Labute approximate surface area is 177 Å². The Morgan fingerprint density at radius 1 is 1.10 bits per heavy atom. The van der Waals surface area contributed by atoms with Crippen LogP contribution in [0, 0.1) is 5.82 Å². The lowest BCUT2D eigenvalue weighted by Gasteiger charge is -2.41. The molecule has 4 rings (SSSR count). The van der Waals surface area contributed by atoms with Crippen molar-refractivity contribution in [2.24, 2.45) is 0 Å². The van der Waals surface area contributed by atoms with Crippen molar-refractivity contribution in [3.63, 3.8) is 0 Å². The SMILES string of the molecule is CC1C(C(=O)O)=C(N2CCCC2)N(Cc2ccc(F)cc2)c2cc(C(F)(F)F)ccc21. The summed E-state index contributed by atoms with van der Waals surface area (Å²) in [5.41, 5.74) is 0.896. The van der Waals surface area contributed by atoms with Crippen LogP contribution in [0.2, 0.25) is 0 Å². The van der Waals surface area contributed by atoms with Gasteiger partial charge in [-0.2, -0.15) is 13.2 Å². The van der Waals surface area contributed by atoms with Gasteiger partial charge in [-0.25, -0.2) is 9.18 Å². The highest BCUT2D eigenvalue weighted by atomic mass is 19.4. The molecule has 1 saturated heterocycles. The van der Waals surface area contributed by atoms with Crippen LogP contribution in [0.15, 0.2) is 53.9 Å². The van der Waals surface area contributed by atoms with Crippen LogP contribution < -0.4 is 4.90 Å². The molecule has 2 aliphatic rings. The van der Waals surface area contributed by atoms with Crippen molar-refractivity contribution in [3.05, 3.63) is 76.4 Å². The van der Waals surface area contributed by atoms with Crippen LogP contribution >= 0.6 is 0 Å². The number of hydrogen-bond donors (Lipinski definition) is 1. The highest BCUT2D eigenvalue weighted by Crippen LogP contribution is 2.45. The van der Waals surface area contributed by atoms with E-state index in [0.717, 1.165) is 25.0 Å². The van der Waals surface area contributed by atoms with Crippen molar-refractivity contribution in [1.29, 1.82) is 0 Å². The van der Waals surface area contributed by atoms with Crippen LogP contribution in [-0.4, -0.2) is 29.1 Å². The molecular formula is C23H22F4N2O2. The van der Waals surface area contributed by atoms with Crippen molar-refractivity contribution in [1.82, 2.24) is 4.90 Å². The van der Waals surface area contributed by atoms with Gasteiger partial charge in [0, 0.05) is 31.2 Å². The molecule has 0 amide bonds. The Balaban J connectivity index is 1.91. The van der Waals surface area contributed by atoms with Gasteiger partial charge in [0.1, 0.15) is 11.6 Å². The third kappa shape index (κ3) is 3.98. The van der Waals surface area contributed by atoms with E-state index >= 15 is 0 Å². The van der Waals surface area contributed by atoms with E-state index in [1.165, 1.54) is 18.2 Å². The van der Waals surface area contributed by atoms with Crippen molar-refractivity contribution in [2.45, 2.75) is 38.4 Å². The maximum Gasteiger partial charge on any atom is 0.416 e. The molecule has 1 unspecified atom stereocenters. The summed E-state index contributed by atoms with van der Waals surface area (Å²) in [7, 11) is 0. The van der Waals surface area contributed by atoms with Crippen molar-refractivity contribution in [2.75, 3.05) is 18.0 Å². The second-order valence-corrected chi connectivity index (χ2v) is 7.94. The second-order valence-electron chi connectivity index (χ2n) is 7.94. The number of carboxylic acids is 1. The monoisotopic (exact) mass is 434 g/mol. The zero-order chi connectivity index (χ0) is 22.3. The second kappa shape index (κ2) is 7.90. The number of aliphatic carboxylic acids is 1. The van der Waals surface area contributed by atoms with Crippen LogP contribution in [0.3, 0.4) is 0 Å². The van der Waals surface area contributed by atoms with Gasteiger partial charge in [0.25, 0.3) is 0 Å². The molecule has 0 aromatic heterocycles. The van der Waals surface area contributed by atoms with Crippen LogP contribution in [0.25, 0.3) is 0 Å². The molecule has 0 radical (unpaired) electrons. The summed E-state index contributed by atoms with van der Waals surface area (Å²) in [6, 6.07) is 9.13. The summed E-state index contributed by atoms with van der Waals surface area (Å²) in [4.78, 5) is 15.9. The maximum absolute atomic E-state index is 13.5. The van der Waals surface area contributed by atoms with E-state index in [4.69, 9.17) is 0 Å². The number of hydrogen-bond acceptors (Lipinski definition) is 3. The van der Waals surface area contributed by atoms with Gasteiger partial charge in [-0.1, -0.05) is 25.1 Å². The molecule has 0 spiro atoms. The summed E-state index contributed by atoms with van der Waals surface area (Å²) < 4.78 is 53.8. The van der Waals surface area contributed by atoms with Crippen LogP contribution in [-0.2, 0) is 17.5 Å². The summed E-state index contributed by atoms with van der Waals surface area (Å²) in [5, 5.41) is 10.0. The van der Waals surface area contributed by atoms with Gasteiger partial charge in [0.15, 0.2) is 0 Å². The third-order valence-electron chi connectivity index (χ3n) is 5.93. The number of benzene rings is 2. The largest absolute Gasteiger partial charge is 0.478 e. The van der Waals surface area contributed by atoms with Gasteiger partial charge in [-0.05, 0) is 48.2 Å². The van der Waals surface area contributed by atoms with Crippen molar-refractivity contribution < 1.29 is 27.5 Å². The number of fused-ring (bicyclic) bond motifs is 1. The average Bonchev–Trinajstić information content (AvgIpc) is 3.24. The number of halogens is 4. The number of alkyl halides is 3. The molecule has 2 aliphatic heterocycles. The lowest BCUT2D eigenvalue weighted by atomic mass is 9.86. The number of rotatable bonds is 4. The molecule has 2 aromatic carbocycles. The van der Waals surface area contributed by atoms with Crippen molar-refractivity contribution in [3.8, 4) is 0 Å². The van der Waals surface area contributed by atoms with Crippen molar-refractivity contribution >= 4 is 11.7 Å². The fraction of sp³-hybridized carbons (Fsp3) is 0.348. The zero-order valence-electron chi connectivity index (χ0n) is 16.9. The topological polar surface area (TPSA) is 43.8 Å². The Morgan fingerprint density at radius 3 is 2.32 bits per heavy atom. The van der Waals surface area contributed by atoms with E-state index in [0.29, 0.717) is 35.7 Å². The Morgan fingerprint density at radius 2 is 1.74 bits per heavy atom. The average molecular weight is 434 g/mol. The molecule has 1 fully saturated rings. The molecule has 164 valence electrons. The quantitative estimate of drug-likeness (QED) is 0.658. The van der Waals surface area contributed by atoms with E-state index in [1.54, 1.807) is 24.0 Å². The summed E-state index contributed by atoms with van der Waals surface area (Å²) in [6.07, 6.45) is -2.76. The van der Waals surface area contributed by atoms with Crippen LogP contribution in [0.4, 0.5) is 23.2 Å². The lowest BCUT2D eigenvalue weighted by molar-refractivity contribution is -0.137. The number of carboxylic acid groups (broad SMARTS) is 1. The molecule has 0 bridgehead atoms. The van der Waals surface area contributed by atoms with Crippen LogP contribution in [0.5, 0.6) is 0 Å². The summed E-state index contributed by atoms with van der Waals surface area (Å²) in [5.74, 6) is -1.66. The first kappa shape index (κ1) is 21.2. The number of nitrogens with zero attached hydrogens (tertiary/aromatic N) is 2. The third-order valence-corrected chi connectivity index (χ3v) is 5.93. The Kier molecular flexibility index (Phi) is 5.41. The zero-order valence-corrected chi connectivity index (χ0v) is 16.9. The molecule has 31 heavy (non-hydrogen) atoms. The molecule has 4 nitrogen and oxygen atoms in total. The Hall–Kier alpha value is -3.03. The number of anilines is 1. The Bertz CT molecular complexity index is 1020. The van der Waals surface area contributed by atoms with E-state index < -0.39 is 29.4 Å². The molecule has 1 N–H and O–H groups in total. The molecular weight excluding hydrogens is 412 g/mol. The predicted octanol–water partition coefficient (Wildman–Crippen LogP) is 5.36. The highest BCUT2D eigenvalue weighted by Gasteiger charge is 2.39. The first-order chi connectivity index (χ1) is 14.7. The van der Waals surface area contributed by atoms with E-state index in [-0.39, 0.29) is 12.1 Å². The smallest absolute Gasteiger partial charge is 0.416 e. The molecule has 2 aromatic rings. The highest BCUT2D eigenvalue weighted by molar-refractivity contribution is 5.92. The molecule has 2 heterocycles. The van der Waals surface area contributed by atoms with Gasteiger partial charge in [-0.15, -0.1) is 0 Å². The minimum absolute atomic E-state index is 0.129. The summed E-state index contributed by atoms with van der Waals surface area (Å²) in [6.45, 7) is 3.10. The van der Waals surface area contributed by atoms with Gasteiger partial charge in [-0.3, -0.25) is 0 Å². The first-order valence-electron chi connectivity index (χ1n) is 10.1. The molecule has 8 heteroatoms. The van der Waals surface area contributed by atoms with E-state index in [1.807, 2.05) is 4.90 Å². The summed E-state index contributed by atoms with van der Waals surface area (Å²) >= 11 is 0. The van der Waals surface area contributed by atoms with E-state index in [2.05, 4.69) is 0 Å². The fourth-order valence-corrected chi connectivity index (χ4v) is 4.41. The normalized spacial score (nSPS) is 19.1. The molecule has 0 saturated carbocycles. The fourth-order valence-electron chi connectivity index (χ4n) is 4.41.